The van der Waals surface area contributed by atoms with E-state index in [-0.39, 0.29) is 18.6 Å². The van der Waals surface area contributed by atoms with Crippen LogP contribution in [0.25, 0.3) is 17.5 Å². The molecular formula is C3H12N9O3V-3. The zero-order valence-corrected chi connectivity index (χ0v) is 9.30. The first-order valence-corrected chi connectivity index (χ1v) is 2.98. The zero-order valence-electron chi connectivity index (χ0n) is 7.90. The van der Waals surface area contributed by atoms with Gasteiger partial charge in [0.1, 0.15) is 0 Å². The van der Waals surface area contributed by atoms with Gasteiger partial charge in [-0.3, -0.25) is 14.4 Å². The van der Waals surface area contributed by atoms with E-state index < -0.39 is 18.1 Å². The molecule has 12 N–H and O–H groups in total. The quantitative estimate of drug-likeness (QED) is 0.300. The Hall–Kier alpha value is -1.73. The Morgan fingerprint density at radius 3 is 0.750 bits per heavy atom. The van der Waals surface area contributed by atoms with Crippen LogP contribution in [0.4, 0.5) is 14.4 Å². The minimum absolute atomic E-state index is 0. The normalized spacial score (nSPS) is 6.19. The molecule has 0 aromatic carbocycles. The van der Waals surface area contributed by atoms with Gasteiger partial charge in [-0.2, -0.15) is 0 Å². The van der Waals surface area contributed by atoms with Gasteiger partial charge in [0.25, 0.3) is 18.1 Å². The number of carbonyl (C=O) groups is 3. The Labute approximate surface area is 103 Å². The number of nitrogens with one attached hydrogen (secondary N) is 6. The van der Waals surface area contributed by atoms with Crippen LogP contribution in [0.1, 0.15) is 0 Å². The van der Waals surface area contributed by atoms with Gasteiger partial charge in [0, 0.05) is 18.6 Å². The van der Waals surface area contributed by atoms with E-state index in [9.17, 15) is 14.4 Å². The maximum atomic E-state index is 9.29. The minimum atomic E-state index is -0.829. The van der Waals surface area contributed by atoms with E-state index in [1.165, 1.54) is 16.3 Å². The predicted octanol–water partition coefficient (Wildman–Crippen LogP) is -1.14. The number of carbonyl (C=O) groups excluding carboxylic acids is 3. The van der Waals surface area contributed by atoms with Crippen LogP contribution in [0.3, 0.4) is 0 Å². The van der Waals surface area contributed by atoms with Crippen molar-refractivity contribution >= 4 is 18.1 Å². The van der Waals surface area contributed by atoms with Crippen molar-refractivity contribution in [3.63, 3.8) is 0 Å². The Kier molecular flexibility index (Phi) is 28.2. The summed E-state index contributed by atoms with van der Waals surface area (Å²) in [6, 6.07) is -2.49. The van der Waals surface area contributed by atoms with E-state index in [2.05, 4.69) is 17.2 Å². The molecule has 95 valence electrons. The summed E-state index contributed by atoms with van der Waals surface area (Å²) in [5.74, 6) is 17.8. The molecule has 0 aromatic rings. The smallest absolute Gasteiger partial charge is 0.295 e. The van der Waals surface area contributed by atoms with Crippen LogP contribution in [0, 0.1) is 0 Å². The summed E-state index contributed by atoms with van der Waals surface area (Å²) in [4.78, 5) is 27.9. The van der Waals surface area contributed by atoms with Crippen molar-refractivity contribution in [2.45, 2.75) is 0 Å². The average Bonchev–Trinajstić information content (AvgIpc) is 2.19. The summed E-state index contributed by atoms with van der Waals surface area (Å²) in [7, 11) is 0. The molecule has 13 heteroatoms. The Balaban J connectivity index is -0.0000000655. The molecule has 0 saturated heterocycles. The van der Waals surface area contributed by atoms with Gasteiger partial charge in [-0.25, -0.2) is 0 Å². The van der Waals surface area contributed by atoms with Crippen LogP contribution >= 0.6 is 0 Å². The molecule has 0 bridgehead atoms. The molecular weight excluding hydrogens is 261 g/mol. The van der Waals surface area contributed by atoms with Crippen molar-refractivity contribution in [1.29, 1.82) is 0 Å². The molecule has 0 aliphatic carbocycles. The van der Waals surface area contributed by atoms with Crippen molar-refractivity contribution in [2.24, 2.45) is 17.2 Å². The molecule has 1 radical (unpaired) electrons. The number of rotatable bonds is 0. The van der Waals surface area contributed by atoms with Crippen LogP contribution in [0.15, 0.2) is 0 Å². The van der Waals surface area contributed by atoms with E-state index in [1.807, 2.05) is 0 Å². The van der Waals surface area contributed by atoms with E-state index in [0.29, 0.717) is 0 Å². The average molecular weight is 273 g/mol. The third-order valence-electron chi connectivity index (χ3n) is 0.370. The van der Waals surface area contributed by atoms with Crippen LogP contribution < -0.4 is 33.5 Å². The Morgan fingerprint density at radius 2 is 0.750 bits per heavy atom. The van der Waals surface area contributed by atoms with Gasteiger partial charge in [-0.15, -0.1) is 0 Å². The molecule has 0 fully saturated rings. The zero-order chi connectivity index (χ0) is 12.9. The molecule has 0 heterocycles. The fraction of sp³-hybridized carbons (Fsp3) is 0. The maximum absolute atomic E-state index is 9.29. The third-order valence-corrected chi connectivity index (χ3v) is 0.370. The van der Waals surface area contributed by atoms with E-state index in [0.717, 1.165) is 0 Å². The number of nitrogens with two attached hydrogens (primary N) is 3. The molecule has 0 aromatic heterocycles. The minimum Gasteiger partial charge on any atom is -0.582 e. The van der Waals surface area contributed by atoms with Gasteiger partial charge in [0.15, 0.2) is 0 Å². The van der Waals surface area contributed by atoms with Crippen LogP contribution in [-0.4, -0.2) is 18.1 Å². The SMILES string of the molecule is [NH-]NC(N)=O.[NH-]NC(N)=O.[NH-]NC(N)=O.[V]. The molecule has 12 nitrogen and oxygen atoms in total. The fourth-order valence-corrected chi connectivity index (χ4v) is 0. The monoisotopic (exact) mass is 273 g/mol. The van der Waals surface area contributed by atoms with Gasteiger partial charge < -0.3 is 51.0 Å². The van der Waals surface area contributed by atoms with Crippen molar-refractivity contribution in [2.75, 3.05) is 0 Å². The molecule has 0 unspecified atom stereocenters. The largest absolute Gasteiger partial charge is 0.582 e. The third kappa shape index (κ3) is 85.4. The van der Waals surface area contributed by atoms with Gasteiger partial charge in [0.05, 0.1) is 0 Å². The second-order valence-corrected chi connectivity index (χ2v) is 1.47. The summed E-state index contributed by atoms with van der Waals surface area (Å²) in [5.41, 5.74) is 17.3. The van der Waals surface area contributed by atoms with E-state index in [1.54, 1.807) is 0 Å². The first-order valence-electron chi connectivity index (χ1n) is 2.98. The van der Waals surface area contributed by atoms with Crippen LogP contribution in [0.5, 0.6) is 0 Å². The fourth-order valence-electron chi connectivity index (χ4n) is 0. The number of urea groups is 3. The number of hydrogen-bond acceptors (Lipinski definition) is 3. The van der Waals surface area contributed by atoms with Crippen molar-refractivity contribution < 1.29 is 32.9 Å². The second kappa shape index (κ2) is 18.9. The molecule has 6 amide bonds. The van der Waals surface area contributed by atoms with Crippen LogP contribution in [-0.2, 0) is 18.6 Å². The summed E-state index contributed by atoms with van der Waals surface area (Å²) >= 11 is 0. The van der Waals surface area contributed by atoms with Crippen molar-refractivity contribution in [3.8, 4) is 0 Å². The van der Waals surface area contributed by atoms with Crippen molar-refractivity contribution in [1.82, 2.24) is 16.3 Å². The molecule has 16 heavy (non-hydrogen) atoms. The second-order valence-electron chi connectivity index (χ2n) is 1.47. The predicted molar refractivity (Wildman–Crippen MR) is 51.1 cm³/mol. The summed E-state index contributed by atoms with van der Waals surface area (Å²) in [6.45, 7) is 0. The van der Waals surface area contributed by atoms with E-state index >= 15 is 0 Å². The Morgan fingerprint density at radius 1 is 0.688 bits per heavy atom. The van der Waals surface area contributed by atoms with Gasteiger partial charge in [0.2, 0.25) is 0 Å². The topological polar surface area (TPSA) is 237 Å². The molecule has 0 atom stereocenters. The molecule has 0 rings (SSSR count). The summed E-state index contributed by atoms with van der Waals surface area (Å²) in [6.07, 6.45) is 0. The number of amides is 6. The summed E-state index contributed by atoms with van der Waals surface area (Å²) in [5, 5.41) is 0. The standard InChI is InChI=1S/3CH4N3O.V/c3*2-1(5)4-3;/h3*3H,(H3,2,4,5);/q3*-1;. The first kappa shape index (κ1) is 23.8. The van der Waals surface area contributed by atoms with E-state index in [4.69, 9.17) is 17.5 Å². The van der Waals surface area contributed by atoms with Crippen molar-refractivity contribution in [3.05, 3.63) is 17.5 Å². The summed E-state index contributed by atoms with van der Waals surface area (Å²) < 4.78 is 0. The molecule has 0 aliphatic rings. The van der Waals surface area contributed by atoms with Gasteiger partial charge in [-0.1, -0.05) is 0 Å². The van der Waals surface area contributed by atoms with Gasteiger partial charge in [-0.05, 0) is 0 Å². The molecule has 0 saturated carbocycles. The Bertz CT molecular complexity index is 165. The maximum Gasteiger partial charge on any atom is 0.295 e. The first-order chi connectivity index (χ1) is 6.81. The molecule has 0 aliphatic heterocycles. The van der Waals surface area contributed by atoms with Crippen LogP contribution in [0.2, 0.25) is 0 Å². The molecule has 0 spiro atoms. The van der Waals surface area contributed by atoms with Gasteiger partial charge >= 0.3 is 0 Å². The number of hydrogen-bond donors (Lipinski definition) is 6. The number of primary amides is 3.